The zero-order chi connectivity index (χ0) is 14.4. The first-order valence-electron chi connectivity index (χ1n) is 7.78. The molecule has 1 N–H and O–H groups in total. The maximum Gasteiger partial charge on any atom is 0.137 e. The Morgan fingerprint density at radius 3 is 3.00 bits per heavy atom. The second-order valence-corrected chi connectivity index (χ2v) is 5.81. The van der Waals surface area contributed by atoms with Crippen LogP contribution in [-0.4, -0.2) is 31.9 Å². The number of nitrogens with one attached hydrogen (secondary N) is 1. The van der Waals surface area contributed by atoms with E-state index in [0.717, 1.165) is 31.7 Å². The van der Waals surface area contributed by atoms with Crippen molar-refractivity contribution < 1.29 is 9.47 Å². The highest BCUT2D eigenvalue weighted by Crippen LogP contribution is 2.23. The van der Waals surface area contributed by atoms with Gasteiger partial charge in [0.2, 0.25) is 0 Å². The van der Waals surface area contributed by atoms with Gasteiger partial charge in [-0.3, -0.25) is 0 Å². The SMILES string of the molecule is CCCNC1CCOCC1Oc1cccc(C(C)C)c1. The lowest BCUT2D eigenvalue weighted by atomic mass is 10.0. The molecule has 0 spiro atoms. The highest BCUT2D eigenvalue weighted by Gasteiger charge is 2.26. The molecule has 0 bridgehead atoms. The summed E-state index contributed by atoms with van der Waals surface area (Å²) in [4.78, 5) is 0. The Hall–Kier alpha value is -1.06. The largest absolute Gasteiger partial charge is 0.486 e. The summed E-state index contributed by atoms with van der Waals surface area (Å²) in [5, 5.41) is 3.57. The monoisotopic (exact) mass is 277 g/mol. The molecule has 1 aromatic rings. The molecule has 0 radical (unpaired) electrons. The molecule has 112 valence electrons. The molecule has 1 heterocycles. The highest BCUT2D eigenvalue weighted by molar-refractivity contribution is 5.30. The van der Waals surface area contributed by atoms with Crippen LogP contribution in [0, 0.1) is 0 Å². The molecule has 1 fully saturated rings. The maximum absolute atomic E-state index is 6.17. The second-order valence-electron chi connectivity index (χ2n) is 5.81. The fourth-order valence-electron chi connectivity index (χ4n) is 2.51. The summed E-state index contributed by atoms with van der Waals surface area (Å²) in [6.45, 7) is 9.13. The van der Waals surface area contributed by atoms with Crippen molar-refractivity contribution in [2.24, 2.45) is 0 Å². The third-order valence-corrected chi connectivity index (χ3v) is 3.77. The van der Waals surface area contributed by atoms with Crippen molar-refractivity contribution in [1.82, 2.24) is 5.32 Å². The van der Waals surface area contributed by atoms with E-state index in [1.54, 1.807) is 0 Å². The molecule has 3 heteroatoms. The Kier molecular flexibility index (Phi) is 5.86. The molecular weight excluding hydrogens is 250 g/mol. The molecule has 3 nitrogen and oxygen atoms in total. The number of hydrogen-bond acceptors (Lipinski definition) is 3. The van der Waals surface area contributed by atoms with Gasteiger partial charge in [0, 0.05) is 12.6 Å². The molecule has 0 aromatic heterocycles. The molecule has 2 atom stereocenters. The number of benzene rings is 1. The van der Waals surface area contributed by atoms with Gasteiger partial charge in [-0.1, -0.05) is 32.9 Å². The van der Waals surface area contributed by atoms with Crippen molar-refractivity contribution in [3.63, 3.8) is 0 Å². The van der Waals surface area contributed by atoms with Gasteiger partial charge in [0.25, 0.3) is 0 Å². The van der Waals surface area contributed by atoms with Crippen LogP contribution < -0.4 is 10.1 Å². The molecule has 1 saturated heterocycles. The van der Waals surface area contributed by atoms with Gasteiger partial charge in [-0.15, -0.1) is 0 Å². The summed E-state index contributed by atoms with van der Waals surface area (Å²) < 4.78 is 11.7. The van der Waals surface area contributed by atoms with Crippen LogP contribution in [0.15, 0.2) is 24.3 Å². The first kappa shape index (κ1) is 15.3. The zero-order valence-corrected chi connectivity index (χ0v) is 12.9. The minimum atomic E-state index is 0.109. The van der Waals surface area contributed by atoms with E-state index >= 15 is 0 Å². The Balaban J connectivity index is 2.00. The number of rotatable bonds is 6. The van der Waals surface area contributed by atoms with Gasteiger partial charge >= 0.3 is 0 Å². The highest BCUT2D eigenvalue weighted by atomic mass is 16.5. The molecule has 1 aliphatic rings. The van der Waals surface area contributed by atoms with Gasteiger partial charge in [-0.25, -0.2) is 0 Å². The lowest BCUT2D eigenvalue weighted by Crippen LogP contribution is -2.49. The van der Waals surface area contributed by atoms with Crippen molar-refractivity contribution >= 4 is 0 Å². The Morgan fingerprint density at radius 1 is 1.40 bits per heavy atom. The van der Waals surface area contributed by atoms with E-state index in [-0.39, 0.29) is 6.10 Å². The summed E-state index contributed by atoms with van der Waals surface area (Å²) in [5.74, 6) is 1.48. The summed E-state index contributed by atoms with van der Waals surface area (Å²) in [6.07, 6.45) is 2.28. The average molecular weight is 277 g/mol. The Labute approximate surface area is 122 Å². The van der Waals surface area contributed by atoms with E-state index in [0.29, 0.717) is 18.6 Å². The zero-order valence-electron chi connectivity index (χ0n) is 12.9. The minimum absolute atomic E-state index is 0.109. The number of hydrogen-bond donors (Lipinski definition) is 1. The van der Waals surface area contributed by atoms with E-state index in [1.807, 2.05) is 6.07 Å². The number of ether oxygens (including phenoxy) is 2. The van der Waals surface area contributed by atoms with Crippen LogP contribution in [0.1, 0.15) is 45.1 Å². The predicted molar refractivity (Wildman–Crippen MR) is 82.5 cm³/mol. The molecule has 2 unspecified atom stereocenters. The average Bonchev–Trinajstić information content (AvgIpc) is 2.46. The third-order valence-electron chi connectivity index (χ3n) is 3.77. The molecule has 20 heavy (non-hydrogen) atoms. The summed E-state index contributed by atoms with van der Waals surface area (Å²) in [7, 11) is 0. The lowest BCUT2D eigenvalue weighted by molar-refractivity contribution is -0.0146. The van der Waals surface area contributed by atoms with E-state index < -0.39 is 0 Å². The van der Waals surface area contributed by atoms with E-state index in [9.17, 15) is 0 Å². The third kappa shape index (κ3) is 4.22. The van der Waals surface area contributed by atoms with Crippen molar-refractivity contribution in [3.05, 3.63) is 29.8 Å². The van der Waals surface area contributed by atoms with Gasteiger partial charge in [0.15, 0.2) is 0 Å². The molecule has 1 aliphatic heterocycles. The standard InChI is InChI=1S/C17H27NO2/c1-4-9-18-16-8-10-19-12-17(16)20-15-7-5-6-14(11-15)13(2)3/h5-7,11,13,16-18H,4,8-10,12H2,1-3H3. The summed E-state index contributed by atoms with van der Waals surface area (Å²) in [5.41, 5.74) is 1.32. The molecule has 0 aliphatic carbocycles. The summed E-state index contributed by atoms with van der Waals surface area (Å²) >= 11 is 0. The van der Waals surface area contributed by atoms with Crippen LogP contribution in [-0.2, 0) is 4.74 Å². The summed E-state index contributed by atoms with van der Waals surface area (Å²) in [6, 6.07) is 8.81. The molecule has 2 rings (SSSR count). The van der Waals surface area contributed by atoms with E-state index in [2.05, 4.69) is 44.3 Å². The van der Waals surface area contributed by atoms with Crippen molar-refractivity contribution in [3.8, 4) is 5.75 Å². The Bertz CT molecular complexity index is 406. The van der Waals surface area contributed by atoms with Crippen LogP contribution in [0.2, 0.25) is 0 Å². The molecular formula is C17H27NO2. The maximum atomic E-state index is 6.17. The van der Waals surface area contributed by atoms with Gasteiger partial charge in [0.05, 0.1) is 6.61 Å². The van der Waals surface area contributed by atoms with Gasteiger partial charge < -0.3 is 14.8 Å². The minimum Gasteiger partial charge on any atom is -0.486 e. The Morgan fingerprint density at radius 2 is 2.25 bits per heavy atom. The van der Waals surface area contributed by atoms with Gasteiger partial charge in [-0.2, -0.15) is 0 Å². The first-order chi connectivity index (χ1) is 9.70. The van der Waals surface area contributed by atoms with E-state index in [1.165, 1.54) is 5.56 Å². The first-order valence-corrected chi connectivity index (χ1v) is 7.78. The normalized spacial score (nSPS) is 23.0. The molecule has 0 amide bonds. The van der Waals surface area contributed by atoms with E-state index in [4.69, 9.17) is 9.47 Å². The lowest BCUT2D eigenvalue weighted by Gasteiger charge is -2.32. The van der Waals surface area contributed by atoms with Crippen LogP contribution >= 0.6 is 0 Å². The van der Waals surface area contributed by atoms with Crippen molar-refractivity contribution in [2.45, 2.75) is 51.7 Å². The molecule has 0 saturated carbocycles. The van der Waals surface area contributed by atoms with Crippen LogP contribution in [0.4, 0.5) is 0 Å². The van der Waals surface area contributed by atoms with Crippen LogP contribution in [0.25, 0.3) is 0 Å². The fourth-order valence-corrected chi connectivity index (χ4v) is 2.51. The van der Waals surface area contributed by atoms with Gasteiger partial charge in [0.1, 0.15) is 11.9 Å². The molecule has 1 aromatic carbocycles. The fraction of sp³-hybridized carbons (Fsp3) is 0.647. The smallest absolute Gasteiger partial charge is 0.137 e. The topological polar surface area (TPSA) is 30.5 Å². The van der Waals surface area contributed by atoms with Crippen molar-refractivity contribution in [2.75, 3.05) is 19.8 Å². The quantitative estimate of drug-likeness (QED) is 0.865. The van der Waals surface area contributed by atoms with Crippen molar-refractivity contribution in [1.29, 1.82) is 0 Å². The van der Waals surface area contributed by atoms with Crippen LogP contribution in [0.5, 0.6) is 5.75 Å². The second kappa shape index (κ2) is 7.65. The van der Waals surface area contributed by atoms with Gasteiger partial charge in [-0.05, 0) is 43.0 Å². The predicted octanol–water partition coefficient (Wildman–Crippen LogP) is 3.35. The van der Waals surface area contributed by atoms with Crippen LogP contribution in [0.3, 0.4) is 0 Å².